The monoisotopic (exact) mass is 430 g/mol. The predicted molar refractivity (Wildman–Crippen MR) is 115 cm³/mol. The number of nitrogens with one attached hydrogen (secondary N) is 1. The van der Waals surface area contributed by atoms with Crippen molar-refractivity contribution >= 4 is 32.6 Å². The minimum absolute atomic E-state index is 0.123. The molecule has 1 N–H and O–H groups in total. The third-order valence-electron chi connectivity index (χ3n) is 5.60. The summed E-state index contributed by atoms with van der Waals surface area (Å²) in [5, 5.41) is 3.24. The number of sulfonamides is 1. The Hall–Kier alpha value is -2.87. The van der Waals surface area contributed by atoms with E-state index in [-0.39, 0.29) is 17.6 Å². The van der Waals surface area contributed by atoms with E-state index in [9.17, 15) is 17.6 Å². The number of carbonyl (C=O) groups is 1. The van der Waals surface area contributed by atoms with Crippen molar-refractivity contribution in [2.24, 2.45) is 0 Å². The van der Waals surface area contributed by atoms with Crippen LogP contribution in [0.3, 0.4) is 0 Å². The smallest absolute Gasteiger partial charge is 0.255 e. The van der Waals surface area contributed by atoms with Crippen LogP contribution >= 0.6 is 0 Å². The third-order valence-corrected chi connectivity index (χ3v) is 6.78. The summed E-state index contributed by atoms with van der Waals surface area (Å²) >= 11 is 0. The highest BCUT2D eigenvalue weighted by atomic mass is 32.2. The van der Waals surface area contributed by atoms with Crippen LogP contribution in [-0.4, -0.2) is 34.2 Å². The van der Waals surface area contributed by atoms with Gasteiger partial charge in [0.25, 0.3) is 5.91 Å². The molecule has 0 spiro atoms. The molecule has 0 radical (unpaired) electrons. The van der Waals surface area contributed by atoms with Gasteiger partial charge in [0.05, 0.1) is 17.5 Å². The van der Waals surface area contributed by atoms with Gasteiger partial charge in [-0.1, -0.05) is 6.92 Å². The van der Waals surface area contributed by atoms with E-state index in [1.807, 2.05) is 6.07 Å². The molecular weight excluding hydrogens is 407 g/mol. The van der Waals surface area contributed by atoms with E-state index in [0.717, 1.165) is 18.4 Å². The zero-order valence-electron chi connectivity index (χ0n) is 17.0. The first-order valence-electron chi connectivity index (χ1n) is 9.77. The Morgan fingerprint density at radius 3 is 2.57 bits per heavy atom. The zero-order chi connectivity index (χ0) is 21.6. The maximum Gasteiger partial charge on any atom is 0.255 e. The SMILES string of the molecule is CNC(=O)c1c(-c2ccc(F)cc2)oc2cc3c(cc12)[C@@H](C)CCCN3S(C)(=O)=O. The minimum Gasteiger partial charge on any atom is -0.455 e. The molecule has 1 aliphatic rings. The Morgan fingerprint density at radius 2 is 1.93 bits per heavy atom. The Morgan fingerprint density at radius 1 is 1.23 bits per heavy atom. The van der Waals surface area contributed by atoms with Crippen LogP contribution in [0.4, 0.5) is 10.1 Å². The molecule has 0 aliphatic carbocycles. The Kier molecular flexibility index (Phi) is 5.05. The second-order valence-corrected chi connectivity index (χ2v) is 9.58. The van der Waals surface area contributed by atoms with Gasteiger partial charge in [-0.2, -0.15) is 0 Å². The number of hydrogen-bond donors (Lipinski definition) is 1. The fraction of sp³-hybridized carbons (Fsp3) is 0.318. The number of nitrogens with zero attached hydrogens (tertiary/aromatic N) is 1. The van der Waals surface area contributed by atoms with Crippen LogP contribution in [0.25, 0.3) is 22.3 Å². The lowest BCUT2D eigenvalue weighted by Gasteiger charge is -2.23. The molecule has 0 saturated carbocycles. The minimum atomic E-state index is -3.47. The number of halogens is 1. The summed E-state index contributed by atoms with van der Waals surface area (Å²) in [5.41, 5.74) is 2.77. The van der Waals surface area contributed by atoms with Crippen molar-refractivity contribution in [2.45, 2.75) is 25.7 Å². The molecule has 1 atom stereocenters. The van der Waals surface area contributed by atoms with Crippen molar-refractivity contribution in [2.75, 3.05) is 24.2 Å². The molecule has 1 aromatic heterocycles. The molecule has 2 heterocycles. The van der Waals surface area contributed by atoms with Crippen LogP contribution < -0.4 is 9.62 Å². The number of benzene rings is 2. The fourth-order valence-corrected chi connectivity index (χ4v) is 5.05. The second-order valence-electron chi connectivity index (χ2n) is 7.68. The second kappa shape index (κ2) is 7.43. The number of fused-ring (bicyclic) bond motifs is 2. The van der Waals surface area contributed by atoms with Crippen molar-refractivity contribution in [1.82, 2.24) is 5.32 Å². The quantitative estimate of drug-likeness (QED) is 0.673. The first kappa shape index (κ1) is 20.4. The number of anilines is 1. The molecule has 1 amide bonds. The van der Waals surface area contributed by atoms with Gasteiger partial charge in [0.15, 0.2) is 0 Å². The average Bonchev–Trinajstić information content (AvgIpc) is 2.98. The van der Waals surface area contributed by atoms with Crippen molar-refractivity contribution in [3.05, 3.63) is 53.3 Å². The molecule has 0 bridgehead atoms. The molecule has 8 heteroatoms. The maximum atomic E-state index is 13.4. The summed E-state index contributed by atoms with van der Waals surface area (Å²) in [5.74, 6) is -0.268. The van der Waals surface area contributed by atoms with Crippen molar-refractivity contribution in [3.63, 3.8) is 0 Å². The molecule has 3 aromatic rings. The van der Waals surface area contributed by atoms with Gasteiger partial charge >= 0.3 is 0 Å². The molecule has 0 saturated heterocycles. The first-order chi connectivity index (χ1) is 14.2. The molecule has 6 nitrogen and oxygen atoms in total. The third kappa shape index (κ3) is 3.45. The van der Waals surface area contributed by atoms with Crippen LogP contribution in [0, 0.1) is 5.82 Å². The van der Waals surface area contributed by atoms with E-state index in [2.05, 4.69) is 12.2 Å². The van der Waals surface area contributed by atoms with Crippen LogP contribution in [0.2, 0.25) is 0 Å². The van der Waals surface area contributed by atoms with Gasteiger partial charge in [-0.3, -0.25) is 9.10 Å². The molecule has 1 aliphatic heterocycles. The van der Waals surface area contributed by atoms with Crippen molar-refractivity contribution in [1.29, 1.82) is 0 Å². The van der Waals surface area contributed by atoms with Crippen LogP contribution in [0.1, 0.15) is 41.6 Å². The van der Waals surface area contributed by atoms with E-state index in [0.29, 0.717) is 40.1 Å². The summed E-state index contributed by atoms with van der Waals surface area (Å²) in [4.78, 5) is 12.7. The van der Waals surface area contributed by atoms with Gasteiger partial charge < -0.3 is 9.73 Å². The van der Waals surface area contributed by atoms with Crippen molar-refractivity contribution in [3.8, 4) is 11.3 Å². The number of amides is 1. The van der Waals surface area contributed by atoms with Gasteiger partial charge in [-0.25, -0.2) is 12.8 Å². The number of furan rings is 1. The summed E-state index contributed by atoms with van der Waals surface area (Å²) in [6.07, 6.45) is 2.77. The van der Waals surface area contributed by atoms with Crippen LogP contribution in [-0.2, 0) is 10.0 Å². The van der Waals surface area contributed by atoms with Gasteiger partial charge in [0.2, 0.25) is 10.0 Å². The van der Waals surface area contributed by atoms with Gasteiger partial charge in [-0.15, -0.1) is 0 Å². The maximum absolute atomic E-state index is 13.4. The molecule has 0 unspecified atom stereocenters. The lowest BCUT2D eigenvalue weighted by molar-refractivity contribution is 0.0964. The fourth-order valence-electron chi connectivity index (χ4n) is 4.08. The highest BCUT2D eigenvalue weighted by molar-refractivity contribution is 7.92. The molecule has 0 fully saturated rings. The van der Waals surface area contributed by atoms with E-state index in [1.165, 1.54) is 29.7 Å². The first-order valence-corrected chi connectivity index (χ1v) is 11.6. The summed E-state index contributed by atoms with van der Waals surface area (Å²) in [6, 6.07) is 9.27. The topological polar surface area (TPSA) is 79.6 Å². The van der Waals surface area contributed by atoms with Gasteiger partial charge in [-0.05, 0) is 54.7 Å². The van der Waals surface area contributed by atoms with E-state index in [4.69, 9.17) is 4.42 Å². The number of rotatable bonds is 3. The van der Waals surface area contributed by atoms with E-state index < -0.39 is 10.0 Å². The predicted octanol–water partition coefficient (Wildman–Crippen LogP) is 4.26. The van der Waals surface area contributed by atoms with E-state index >= 15 is 0 Å². The molecule has 4 rings (SSSR count). The Balaban J connectivity index is 2.03. The molecule has 2 aromatic carbocycles. The Bertz CT molecular complexity index is 1230. The summed E-state index contributed by atoms with van der Waals surface area (Å²) in [7, 11) is -1.93. The van der Waals surface area contributed by atoms with Gasteiger partial charge in [0.1, 0.15) is 17.2 Å². The molecule has 30 heavy (non-hydrogen) atoms. The number of carbonyl (C=O) groups excluding carboxylic acids is 1. The number of hydrogen-bond acceptors (Lipinski definition) is 4. The highest BCUT2D eigenvalue weighted by Gasteiger charge is 2.29. The van der Waals surface area contributed by atoms with Crippen LogP contribution in [0.15, 0.2) is 40.8 Å². The zero-order valence-corrected chi connectivity index (χ0v) is 17.8. The molecule has 158 valence electrons. The van der Waals surface area contributed by atoms with E-state index in [1.54, 1.807) is 18.2 Å². The lowest BCUT2D eigenvalue weighted by atomic mass is 9.93. The van der Waals surface area contributed by atoms with Crippen molar-refractivity contribution < 1.29 is 22.0 Å². The highest BCUT2D eigenvalue weighted by Crippen LogP contribution is 2.42. The molecular formula is C22H23FN2O4S. The average molecular weight is 431 g/mol. The Labute approximate surface area is 174 Å². The largest absolute Gasteiger partial charge is 0.455 e. The standard InChI is InChI=1S/C22H23FN2O4S/c1-13-5-4-10-25(30(3,27)28)18-12-19-17(11-16(13)18)20(22(26)24-2)21(29-19)14-6-8-15(23)9-7-14/h6-9,11-13H,4-5,10H2,1-3H3,(H,24,26)/t13-/m0/s1. The van der Waals surface area contributed by atoms with Gasteiger partial charge in [0, 0.05) is 30.6 Å². The lowest BCUT2D eigenvalue weighted by Crippen LogP contribution is -2.30. The summed E-state index contributed by atoms with van der Waals surface area (Å²) < 4.78 is 45.7. The summed E-state index contributed by atoms with van der Waals surface area (Å²) in [6.45, 7) is 2.45. The normalized spacial score (nSPS) is 16.9. The van der Waals surface area contributed by atoms with Crippen LogP contribution in [0.5, 0.6) is 0 Å².